The van der Waals surface area contributed by atoms with Gasteiger partial charge in [0.1, 0.15) is 36.6 Å². The molecule has 336 valence electrons. The summed E-state index contributed by atoms with van der Waals surface area (Å²) in [4.78, 5) is 23.1. The molecule has 1 amide bonds. The van der Waals surface area contributed by atoms with Crippen LogP contribution in [0.2, 0.25) is 0 Å². The first-order chi connectivity index (χ1) is 27.3. The van der Waals surface area contributed by atoms with Gasteiger partial charge in [0.05, 0.1) is 31.3 Å². The predicted molar refractivity (Wildman–Crippen MR) is 224 cm³/mol. The molecule has 8 unspecified atom stereocenters. The standard InChI is InChI=1S/C43H82NO12P/c1-3-5-7-8-9-10-11-12-13-14-15-16-17-18-19-20-21-22-23-24-25-26-27-29-30-34(45)32-37(47)44-35(36(46)31-28-6-4-2)33-55-57(53,54)56-43-41(51)39(49)38(48)40(50)42(43)52/h18-19,28,31,34-36,38-43,45-46,48-52H,3-17,20-27,29-30,32-33H2,1-2H3,(H,44,47)(H,53,54)/b19-18-,31-28+. The number of carbonyl (C=O) groups excluding carboxylic acids is 1. The van der Waals surface area contributed by atoms with Gasteiger partial charge in [0.25, 0.3) is 0 Å². The Morgan fingerprint density at radius 1 is 0.614 bits per heavy atom. The van der Waals surface area contributed by atoms with E-state index in [1.165, 1.54) is 115 Å². The molecule has 0 spiro atoms. The van der Waals surface area contributed by atoms with E-state index in [9.17, 15) is 50.0 Å². The van der Waals surface area contributed by atoms with Crippen LogP contribution >= 0.6 is 7.82 Å². The highest BCUT2D eigenvalue weighted by Gasteiger charge is 2.51. The molecule has 14 heteroatoms. The second kappa shape index (κ2) is 33.5. The van der Waals surface area contributed by atoms with Gasteiger partial charge in [-0.3, -0.25) is 13.8 Å². The minimum absolute atomic E-state index is 0.248. The maximum absolute atomic E-state index is 12.8. The Morgan fingerprint density at radius 2 is 1.05 bits per heavy atom. The molecule has 1 rings (SSSR count). The molecule has 0 radical (unpaired) electrons. The van der Waals surface area contributed by atoms with E-state index in [-0.39, 0.29) is 6.42 Å². The molecule has 0 bridgehead atoms. The molecule has 1 fully saturated rings. The average molecular weight is 836 g/mol. The third-order valence-corrected chi connectivity index (χ3v) is 11.7. The van der Waals surface area contributed by atoms with Crippen LogP contribution in [0.3, 0.4) is 0 Å². The van der Waals surface area contributed by atoms with Crippen molar-refractivity contribution in [1.29, 1.82) is 0 Å². The zero-order valence-corrected chi connectivity index (χ0v) is 36.1. The minimum Gasteiger partial charge on any atom is -0.393 e. The van der Waals surface area contributed by atoms with Crippen LogP contribution in [0.4, 0.5) is 0 Å². The van der Waals surface area contributed by atoms with Gasteiger partial charge in [-0.25, -0.2) is 4.57 Å². The lowest BCUT2D eigenvalue weighted by atomic mass is 9.85. The van der Waals surface area contributed by atoms with E-state index in [2.05, 4.69) is 24.4 Å². The lowest BCUT2D eigenvalue weighted by Crippen LogP contribution is -2.64. The van der Waals surface area contributed by atoms with Gasteiger partial charge < -0.3 is 46.0 Å². The van der Waals surface area contributed by atoms with Gasteiger partial charge in [-0.15, -0.1) is 0 Å². The van der Waals surface area contributed by atoms with Crippen molar-refractivity contribution in [3.63, 3.8) is 0 Å². The van der Waals surface area contributed by atoms with Crippen molar-refractivity contribution in [3.8, 4) is 0 Å². The Balaban J connectivity index is 2.22. The molecule has 9 N–H and O–H groups in total. The summed E-state index contributed by atoms with van der Waals surface area (Å²) in [5.41, 5.74) is 0. The average Bonchev–Trinajstić information content (AvgIpc) is 3.18. The number of nitrogens with one attached hydrogen (secondary N) is 1. The van der Waals surface area contributed by atoms with Crippen LogP contribution in [0.5, 0.6) is 0 Å². The second-order valence-electron chi connectivity index (χ2n) is 16.1. The Morgan fingerprint density at radius 3 is 1.53 bits per heavy atom. The second-order valence-corrected chi connectivity index (χ2v) is 17.5. The Hall–Kier alpha value is -1.22. The van der Waals surface area contributed by atoms with Crippen molar-refractivity contribution in [2.24, 2.45) is 0 Å². The van der Waals surface area contributed by atoms with Crippen LogP contribution in [-0.2, 0) is 18.4 Å². The molecule has 13 nitrogen and oxygen atoms in total. The van der Waals surface area contributed by atoms with Crippen molar-refractivity contribution < 1.29 is 59.0 Å². The summed E-state index contributed by atoms with van der Waals surface area (Å²) in [6.07, 6.45) is 22.9. The molecule has 57 heavy (non-hydrogen) atoms. The molecular weight excluding hydrogens is 753 g/mol. The lowest BCUT2D eigenvalue weighted by molar-refractivity contribution is -0.220. The number of phosphoric acid groups is 1. The molecule has 0 saturated heterocycles. The van der Waals surface area contributed by atoms with Crippen LogP contribution < -0.4 is 5.32 Å². The summed E-state index contributed by atoms with van der Waals surface area (Å²) >= 11 is 0. The predicted octanol–water partition coefficient (Wildman–Crippen LogP) is 6.81. The highest BCUT2D eigenvalue weighted by molar-refractivity contribution is 7.47. The van der Waals surface area contributed by atoms with Crippen LogP contribution in [0.1, 0.15) is 181 Å². The van der Waals surface area contributed by atoms with Crippen molar-refractivity contribution in [1.82, 2.24) is 5.32 Å². The van der Waals surface area contributed by atoms with Crippen molar-refractivity contribution >= 4 is 13.7 Å². The molecule has 8 atom stereocenters. The molecule has 0 aromatic heterocycles. The number of amides is 1. The fourth-order valence-corrected chi connectivity index (χ4v) is 8.03. The van der Waals surface area contributed by atoms with Crippen molar-refractivity contribution in [3.05, 3.63) is 24.3 Å². The third kappa shape index (κ3) is 25.9. The molecule has 0 aromatic carbocycles. The summed E-state index contributed by atoms with van der Waals surface area (Å²) in [5, 5.41) is 73.5. The van der Waals surface area contributed by atoms with E-state index >= 15 is 0 Å². The summed E-state index contributed by atoms with van der Waals surface area (Å²) in [6.45, 7) is 3.46. The molecule has 0 heterocycles. The van der Waals surface area contributed by atoms with E-state index in [0.717, 1.165) is 38.5 Å². The van der Waals surface area contributed by atoms with Gasteiger partial charge in [-0.2, -0.15) is 0 Å². The van der Waals surface area contributed by atoms with Crippen LogP contribution in [0.25, 0.3) is 0 Å². The van der Waals surface area contributed by atoms with E-state index in [1.54, 1.807) is 6.08 Å². The number of hydrogen-bond acceptors (Lipinski definition) is 11. The number of aliphatic hydroxyl groups excluding tert-OH is 7. The molecular formula is C43H82NO12P. The summed E-state index contributed by atoms with van der Waals surface area (Å²) < 4.78 is 22.5. The number of rotatable bonds is 36. The van der Waals surface area contributed by atoms with Gasteiger partial charge in [0.2, 0.25) is 5.91 Å². The van der Waals surface area contributed by atoms with Gasteiger partial charge in [0, 0.05) is 0 Å². The van der Waals surface area contributed by atoms with Crippen molar-refractivity contribution in [2.45, 2.75) is 236 Å². The van der Waals surface area contributed by atoms with Gasteiger partial charge >= 0.3 is 7.82 Å². The fraction of sp³-hybridized carbons (Fsp3) is 0.884. The first kappa shape index (κ1) is 53.8. The highest BCUT2D eigenvalue weighted by Crippen LogP contribution is 2.47. The highest BCUT2D eigenvalue weighted by atomic mass is 31.2. The lowest BCUT2D eigenvalue weighted by Gasteiger charge is -2.41. The maximum Gasteiger partial charge on any atom is 0.472 e. The number of allylic oxidation sites excluding steroid dienone is 3. The Labute approximate surface area is 344 Å². The van der Waals surface area contributed by atoms with Crippen LogP contribution in [0, 0.1) is 0 Å². The molecule has 0 aromatic rings. The van der Waals surface area contributed by atoms with E-state index in [1.807, 2.05) is 6.92 Å². The Kier molecular flexibility index (Phi) is 31.6. The molecule has 1 aliphatic rings. The summed E-state index contributed by atoms with van der Waals surface area (Å²) in [6, 6.07) is -1.24. The van der Waals surface area contributed by atoms with Crippen molar-refractivity contribution in [2.75, 3.05) is 6.61 Å². The van der Waals surface area contributed by atoms with Gasteiger partial charge in [-0.05, 0) is 38.5 Å². The number of carbonyl (C=O) groups is 1. The topological polar surface area (TPSA) is 226 Å². The summed E-state index contributed by atoms with van der Waals surface area (Å²) in [5.74, 6) is -0.606. The van der Waals surface area contributed by atoms with Gasteiger partial charge in [0.15, 0.2) is 0 Å². The van der Waals surface area contributed by atoms with E-state index in [0.29, 0.717) is 12.8 Å². The minimum atomic E-state index is -5.11. The molecule has 1 aliphatic carbocycles. The normalized spacial score (nSPS) is 24.2. The number of hydrogen-bond donors (Lipinski definition) is 9. The van der Waals surface area contributed by atoms with E-state index in [4.69, 9.17) is 9.05 Å². The monoisotopic (exact) mass is 836 g/mol. The maximum atomic E-state index is 12.8. The number of phosphoric ester groups is 1. The zero-order chi connectivity index (χ0) is 42.3. The Bertz CT molecular complexity index is 1080. The van der Waals surface area contributed by atoms with E-state index < -0.39 is 75.2 Å². The summed E-state index contributed by atoms with van der Waals surface area (Å²) in [7, 11) is -5.11. The van der Waals surface area contributed by atoms with Crippen LogP contribution in [-0.4, -0.2) is 108 Å². The first-order valence-electron chi connectivity index (χ1n) is 22.4. The smallest absolute Gasteiger partial charge is 0.393 e. The molecule has 1 saturated carbocycles. The zero-order valence-electron chi connectivity index (χ0n) is 35.3. The third-order valence-electron chi connectivity index (χ3n) is 10.8. The number of unbranched alkanes of at least 4 members (excludes halogenated alkanes) is 21. The molecule has 0 aliphatic heterocycles. The first-order valence-corrected chi connectivity index (χ1v) is 23.9. The van der Waals surface area contributed by atoms with Crippen LogP contribution in [0.15, 0.2) is 24.3 Å². The quantitative estimate of drug-likeness (QED) is 0.0180. The largest absolute Gasteiger partial charge is 0.472 e. The van der Waals surface area contributed by atoms with Gasteiger partial charge in [-0.1, -0.05) is 160 Å². The fourth-order valence-electron chi connectivity index (χ4n) is 7.07. The number of aliphatic hydroxyl groups is 7. The SMILES string of the molecule is CCC/C=C/C(O)C(COP(=O)(O)OC1C(O)C(O)C(O)C(O)C1O)NC(=O)CC(O)CCCCCCCCCC/C=C\CCCCCCCCCCCCCC.